The quantitative estimate of drug-likeness (QED) is 0.872. The summed E-state index contributed by atoms with van der Waals surface area (Å²) in [5.41, 5.74) is 4.53. The molecule has 1 aromatic carbocycles. The number of rotatable bonds is 4. The minimum absolute atomic E-state index is 0.523. The summed E-state index contributed by atoms with van der Waals surface area (Å²) >= 11 is 0. The zero-order valence-electron chi connectivity index (χ0n) is 13.6. The summed E-state index contributed by atoms with van der Waals surface area (Å²) in [7, 11) is 0. The average molecular weight is 296 g/mol. The van der Waals surface area contributed by atoms with Gasteiger partial charge < -0.3 is 10.6 Å². The Morgan fingerprint density at radius 1 is 1.00 bits per heavy atom. The number of anilines is 3. The van der Waals surface area contributed by atoms with E-state index in [4.69, 9.17) is 0 Å². The van der Waals surface area contributed by atoms with E-state index in [0.717, 1.165) is 23.1 Å². The first-order valence-electron chi connectivity index (χ1n) is 8.06. The topological polar surface area (TPSA) is 49.8 Å². The van der Waals surface area contributed by atoms with Crippen molar-refractivity contribution < 1.29 is 0 Å². The highest BCUT2D eigenvalue weighted by atomic mass is 15.2. The number of nitrogens with zero attached hydrogens (tertiary/aromatic N) is 2. The van der Waals surface area contributed by atoms with Gasteiger partial charge in [-0.2, -0.15) is 4.98 Å². The minimum atomic E-state index is 0.523. The van der Waals surface area contributed by atoms with Crippen molar-refractivity contribution in [2.75, 3.05) is 10.6 Å². The largest absolute Gasteiger partial charge is 0.351 e. The lowest BCUT2D eigenvalue weighted by Crippen LogP contribution is -2.17. The molecule has 22 heavy (non-hydrogen) atoms. The summed E-state index contributed by atoms with van der Waals surface area (Å²) in [4.78, 5) is 9.15. The minimum Gasteiger partial charge on any atom is -0.351 e. The number of nitrogens with one attached hydrogen (secondary N) is 2. The van der Waals surface area contributed by atoms with Gasteiger partial charge in [-0.1, -0.05) is 25.0 Å². The summed E-state index contributed by atoms with van der Waals surface area (Å²) in [6, 6.07) is 8.91. The van der Waals surface area contributed by atoms with E-state index in [9.17, 15) is 0 Å². The Morgan fingerprint density at radius 3 is 2.55 bits per heavy atom. The van der Waals surface area contributed by atoms with Crippen molar-refractivity contribution in [2.24, 2.45) is 0 Å². The molecule has 0 bridgehead atoms. The molecule has 1 saturated carbocycles. The molecule has 1 heterocycles. The first-order chi connectivity index (χ1) is 10.6. The highest BCUT2D eigenvalue weighted by molar-refractivity contribution is 5.62. The summed E-state index contributed by atoms with van der Waals surface area (Å²) in [5, 5.41) is 6.90. The summed E-state index contributed by atoms with van der Waals surface area (Å²) < 4.78 is 0. The van der Waals surface area contributed by atoms with Crippen molar-refractivity contribution in [3.05, 3.63) is 41.1 Å². The van der Waals surface area contributed by atoms with Gasteiger partial charge in [0.15, 0.2) is 0 Å². The normalized spacial score (nSPS) is 15.0. The predicted octanol–water partition coefficient (Wildman–Crippen LogP) is 4.50. The Balaban J connectivity index is 1.81. The first kappa shape index (κ1) is 14.8. The molecule has 0 unspecified atom stereocenters. The Labute approximate surface area is 132 Å². The second-order valence-corrected chi connectivity index (χ2v) is 6.29. The van der Waals surface area contributed by atoms with Crippen LogP contribution in [0.25, 0.3) is 0 Å². The summed E-state index contributed by atoms with van der Waals surface area (Å²) in [6.45, 7) is 6.21. The summed E-state index contributed by atoms with van der Waals surface area (Å²) in [6.07, 6.45) is 5.04. The fourth-order valence-electron chi connectivity index (χ4n) is 2.96. The van der Waals surface area contributed by atoms with Gasteiger partial charge in [0.05, 0.1) is 0 Å². The molecule has 116 valence electrons. The summed E-state index contributed by atoms with van der Waals surface area (Å²) in [5.74, 6) is 1.58. The van der Waals surface area contributed by atoms with E-state index in [1.165, 1.54) is 36.8 Å². The lowest BCUT2D eigenvalue weighted by Gasteiger charge is -2.15. The van der Waals surface area contributed by atoms with Crippen molar-refractivity contribution in [3.8, 4) is 0 Å². The average Bonchev–Trinajstić information content (AvgIpc) is 2.95. The van der Waals surface area contributed by atoms with E-state index in [1.54, 1.807) is 0 Å². The predicted molar refractivity (Wildman–Crippen MR) is 91.8 cm³/mol. The van der Waals surface area contributed by atoms with Gasteiger partial charge in [0.1, 0.15) is 5.82 Å². The van der Waals surface area contributed by atoms with E-state index >= 15 is 0 Å². The maximum atomic E-state index is 4.63. The first-order valence-corrected chi connectivity index (χ1v) is 8.06. The van der Waals surface area contributed by atoms with Crippen LogP contribution in [-0.4, -0.2) is 16.0 Å². The monoisotopic (exact) mass is 296 g/mol. The molecule has 1 fully saturated rings. The number of hydrogen-bond acceptors (Lipinski definition) is 4. The lowest BCUT2D eigenvalue weighted by atomic mass is 10.1. The van der Waals surface area contributed by atoms with E-state index in [0.29, 0.717) is 6.04 Å². The maximum Gasteiger partial charge on any atom is 0.225 e. The smallest absolute Gasteiger partial charge is 0.225 e. The van der Waals surface area contributed by atoms with Crippen LogP contribution < -0.4 is 10.6 Å². The van der Waals surface area contributed by atoms with Crippen molar-refractivity contribution in [1.29, 1.82) is 0 Å². The zero-order chi connectivity index (χ0) is 15.5. The molecule has 1 aromatic heterocycles. The Kier molecular flexibility index (Phi) is 4.27. The van der Waals surface area contributed by atoms with Gasteiger partial charge >= 0.3 is 0 Å². The molecule has 0 spiro atoms. The van der Waals surface area contributed by atoms with Crippen molar-refractivity contribution in [2.45, 2.75) is 52.5 Å². The van der Waals surface area contributed by atoms with Crippen LogP contribution in [0.5, 0.6) is 0 Å². The van der Waals surface area contributed by atoms with Crippen molar-refractivity contribution in [3.63, 3.8) is 0 Å². The molecular formula is C18H24N4. The molecule has 0 atom stereocenters. The van der Waals surface area contributed by atoms with Gasteiger partial charge in [0.25, 0.3) is 0 Å². The van der Waals surface area contributed by atoms with Crippen LogP contribution in [-0.2, 0) is 0 Å². The second kappa shape index (κ2) is 6.34. The highest BCUT2D eigenvalue weighted by Crippen LogP contribution is 2.24. The molecule has 2 N–H and O–H groups in total. The van der Waals surface area contributed by atoms with Crippen LogP contribution in [0.4, 0.5) is 17.5 Å². The van der Waals surface area contributed by atoms with Crippen LogP contribution in [0.2, 0.25) is 0 Å². The van der Waals surface area contributed by atoms with E-state index in [-0.39, 0.29) is 0 Å². The van der Waals surface area contributed by atoms with Gasteiger partial charge in [0.2, 0.25) is 5.95 Å². The molecule has 1 aliphatic rings. The van der Waals surface area contributed by atoms with Crippen molar-refractivity contribution >= 4 is 17.5 Å². The molecule has 4 heteroatoms. The second-order valence-electron chi connectivity index (χ2n) is 6.29. The molecule has 0 radical (unpaired) electrons. The lowest BCUT2D eigenvalue weighted by molar-refractivity contribution is 0.743. The van der Waals surface area contributed by atoms with Crippen LogP contribution >= 0.6 is 0 Å². The number of hydrogen-bond donors (Lipinski definition) is 2. The third-order valence-corrected chi connectivity index (χ3v) is 4.20. The molecule has 4 nitrogen and oxygen atoms in total. The Morgan fingerprint density at radius 2 is 1.77 bits per heavy atom. The molecule has 3 rings (SSSR count). The van der Waals surface area contributed by atoms with Crippen LogP contribution in [0, 0.1) is 20.8 Å². The number of benzene rings is 1. The fraction of sp³-hybridized carbons (Fsp3) is 0.444. The molecule has 0 amide bonds. The molecule has 2 aromatic rings. The molecule has 0 aliphatic heterocycles. The number of aryl methyl sites for hydroxylation is 3. The molecule has 0 saturated heterocycles. The fourth-order valence-corrected chi connectivity index (χ4v) is 2.96. The van der Waals surface area contributed by atoms with Gasteiger partial charge in [-0.25, -0.2) is 4.98 Å². The van der Waals surface area contributed by atoms with E-state index < -0.39 is 0 Å². The third kappa shape index (κ3) is 3.56. The van der Waals surface area contributed by atoms with Gasteiger partial charge in [-0.05, 0) is 50.8 Å². The van der Waals surface area contributed by atoms with Gasteiger partial charge in [-0.3, -0.25) is 0 Å². The van der Waals surface area contributed by atoms with E-state index in [2.05, 4.69) is 52.6 Å². The zero-order valence-corrected chi connectivity index (χ0v) is 13.6. The molecule has 1 aliphatic carbocycles. The maximum absolute atomic E-state index is 4.63. The van der Waals surface area contributed by atoms with Crippen LogP contribution in [0.15, 0.2) is 24.3 Å². The van der Waals surface area contributed by atoms with Crippen molar-refractivity contribution in [1.82, 2.24) is 9.97 Å². The van der Waals surface area contributed by atoms with Crippen LogP contribution in [0.3, 0.4) is 0 Å². The van der Waals surface area contributed by atoms with Gasteiger partial charge in [0, 0.05) is 23.5 Å². The SMILES string of the molecule is Cc1ccc(C)c(Nc2cc(C)nc(NC3CCCC3)n2)c1. The third-order valence-electron chi connectivity index (χ3n) is 4.20. The Hall–Kier alpha value is -2.10. The standard InChI is InChI=1S/C18H24N4/c1-12-8-9-13(2)16(10-12)21-17-11-14(3)19-18(22-17)20-15-6-4-5-7-15/h8-11,15H,4-7H2,1-3H3,(H2,19,20,21,22). The van der Waals surface area contributed by atoms with Gasteiger partial charge in [-0.15, -0.1) is 0 Å². The Bertz CT molecular complexity index is 660. The number of aromatic nitrogens is 2. The van der Waals surface area contributed by atoms with Crippen LogP contribution in [0.1, 0.15) is 42.5 Å². The molecular weight excluding hydrogens is 272 g/mol. The van der Waals surface area contributed by atoms with E-state index in [1.807, 2.05) is 13.0 Å². The highest BCUT2D eigenvalue weighted by Gasteiger charge is 2.16.